The lowest BCUT2D eigenvalue weighted by atomic mass is 10.1. The van der Waals surface area contributed by atoms with Gasteiger partial charge in [-0.3, -0.25) is 5.32 Å². The molecule has 1 unspecified atom stereocenters. The highest BCUT2D eigenvalue weighted by Gasteiger charge is 2.33. The summed E-state index contributed by atoms with van der Waals surface area (Å²) in [5.41, 5.74) is 0.967. The summed E-state index contributed by atoms with van der Waals surface area (Å²) >= 11 is 0. The molecule has 1 saturated heterocycles. The van der Waals surface area contributed by atoms with E-state index in [-0.39, 0.29) is 12.1 Å². The van der Waals surface area contributed by atoms with Gasteiger partial charge < -0.3 is 9.64 Å². The van der Waals surface area contributed by atoms with Gasteiger partial charge in [0.2, 0.25) is 0 Å². The summed E-state index contributed by atoms with van der Waals surface area (Å²) in [7, 11) is 0. The zero-order valence-corrected chi connectivity index (χ0v) is 12.4. The molecule has 0 spiro atoms. The lowest BCUT2D eigenvalue weighted by Gasteiger charge is -2.35. The van der Waals surface area contributed by atoms with Crippen molar-refractivity contribution < 1.29 is 9.53 Å². The van der Waals surface area contributed by atoms with Crippen molar-refractivity contribution in [2.24, 2.45) is 5.92 Å². The first-order valence-corrected chi connectivity index (χ1v) is 7.89. The van der Waals surface area contributed by atoms with Crippen molar-refractivity contribution in [2.45, 2.75) is 25.3 Å². The number of hydrogen-bond donors (Lipinski definition) is 1. The molecule has 4 rings (SSSR count). The third kappa shape index (κ3) is 2.66. The first-order valence-electron chi connectivity index (χ1n) is 7.89. The van der Waals surface area contributed by atoms with Gasteiger partial charge in [0, 0.05) is 6.54 Å². The number of anilines is 1. The Morgan fingerprint density at radius 1 is 1.36 bits per heavy atom. The molecule has 1 saturated carbocycles. The van der Waals surface area contributed by atoms with E-state index in [1.54, 1.807) is 10.7 Å². The van der Waals surface area contributed by atoms with E-state index in [0.29, 0.717) is 25.6 Å². The molecule has 3 heterocycles. The molecule has 2 aliphatic rings. The minimum absolute atomic E-state index is 0.0584. The highest BCUT2D eigenvalue weighted by atomic mass is 16.5. The van der Waals surface area contributed by atoms with Gasteiger partial charge in [0.15, 0.2) is 0 Å². The summed E-state index contributed by atoms with van der Waals surface area (Å²) in [6.07, 6.45) is 5.37. The second-order valence-corrected chi connectivity index (χ2v) is 6.11. The van der Waals surface area contributed by atoms with Crippen LogP contribution in [0.4, 0.5) is 10.6 Å². The third-order valence-corrected chi connectivity index (χ3v) is 4.45. The van der Waals surface area contributed by atoms with Crippen LogP contribution in [0.15, 0.2) is 30.5 Å². The third-order valence-electron chi connectivity index (χ3n) is 4.45. The molecule has 0 aromatic carbocycles. The quantitative estimate of drug-likeness (QED) is 0.946. The van der Waals surface area contributed by atoms with E-state index in [1.165, 1.54) is 12.8 Å². The topological polar surface area (TPSA) is 58.9 Å². The van der Waals surface area contributed by atoms with Gasteiger partial charge in [0.05, 0.1) is 31.0 Å². The van der Waals surface area contributed by atoms with Gasteiger partial charge in [-0.15, -0.1) is 0 Å². The molecule has 22 heavy (non-hydrogen) atoms. The fourth-order valence-electron chi connectivity index (χ4n) is 3.08. The molecule has 1 aliphatic heterocycles. The molecule has 1 N–H and O–H groups in total. The Morgan fingerprint density at radius 3 is 3.14 bits per heavy atom. The van der Waals surface area contributed by atoms with Crippen LogP contribution in [-0.2, 0) is 4.74 Å². The molecular weight excluding hydrogens is 280 g/mol. The van der Waals surface area contributed by atoms with Crippen molar-refractivity contribution in [3.8, 4) is 0 Å². The number of carbonyl (C=O) groups excluding carboxylic acids is 1. The van der Waals surface area contributed by atoms with Crippen LogP contribution in [0.5, 0.6) is 0 Å². The van der Waals surface area contributed by atoms with Gasteiger partial charge in [-0.25, -0.2) is 9.31 Å². The first kappa shape index (κ1) is 13.6. The van der Waals surface area contributed by atoms with E-state index in [4.69, 9.17) is 4.74 Å². The molecule has 1 aliphatic carbocycles. The van der Waals surface area contributed by atoms with Crippen molar-refractivity contribution >= 4 is 17.4 Å². The van der Waals surface area contributed by atoms with Crippen molar-refractivity contribution in [3.63, 3.8) is 0 Å². The lowest BCUT2D eigenvalue weighted by molar-refractivity contribution is 0.0108. The van der Waals surface area contributed by atoms with E-state index in [1.807, 2.05) is 29.2 Å². The lowest BCUT2D eigenvalue weighted by Crippen LogP contribution is -2.50. The van der Waals surface area contributed by atoms with E-state index in [9.17, 15) is 4.79 Å². The highest BCUT2D eigenvalue weighted by molar-refractivity contribution is 5.89. The largest absolute Gasteiger partial charge is 0.377 e. The Hall–Kier alpha value is -2.08. The van der Waals surface area contributed by atoms with E-state index in [0.717, 1.165) is 17.9 Å². The number of morpholine rings is 1. The molecule has 0 bridgehead atoms. The normalized spacial score (nSPS) is 22.0. The summed E-state index contributed by atoms with van der Waals surface area (Å²) in [4.78, 5) is 14.6. The van der Waals surface area contributed by atoms with Crippen LogP contribution in [0.25, 0.3) is 5.52 Å². The predicted molar refractivity (Wildman–Crippen MR) is 82.9 cm³/mol. The Labute approximate surface area is 129 Å². The maximum atomic E-state index is 12.7. The number of urea groups is 1. The molecule has 2 aromatic rings. The van der Waals surface area contributed by atoms with Gasteiger partial charge >= 0.3 is 6.03 Å². The second-order valence-electron chi connectivity index (χ2n) is 6.11. The molecule has 6 heteroatoms. The number of amides is 2. The maximum absolute atomic E-state index is 12.7. The molecular formula is C16H20N4O2. The molecule has 2 amide bonds. The fraction of sp³-hybridized carbons (Fsp3) is 0.500. The van der Waals surface area contributed by atoms with Crippen LogP contribution < -0.4 is 5.32 Å². The SMILES string of the molecule is O=C(Nc1cccc2ccnn12)N1CCOCC1CC1CC1. The summed E-state index contributed by atoms with van der Waals surface area (Å²) in [6.45, 7) is 1.91. The molecule has 116 valence electrons. The average molecular weight is 300 g/mol. The molecule has 6 nitrogen and oxygen atoms in total. The average Bonchev–Trinajstić information content (AvgIpc) is 3.21. The van der Waals surface area contributed by atoms with Gasteiger partial charge in [-0.1, -0.05) is 18.9 Å². The maximum Gasteiger partial charge on any atom is 0.323 e. The Bertz CT molecular complexity index is 680. The molecule has 0 radical (unpaired) electrons. The Balaban J connectivity index is 1.51. The number of pyridine rings is 1. The van der Waals surface area contributed by atoms with E-state index in [2.05, 4.69) is 10.4 Å². The summed E-state index contributed by atoms with van der Waals surface area (Å²) in [5.74, 6) is 1.47. The second kappa shape index (κ2) is 5.61. The summed E-state index contributed by atoms with van der Waals surface area (Å²) in [6, 6.07) is 7.81. The minimum atomic E-state index is -0.0584. The summed E-state index contributed by atoms with van der Waals surface area (Å²) in [5, 5.41) is 7.25. The van der Waals surface area contributed by atoms with Crippen LogP contribution in [0.1, 0.15) is 19.3 Å². The van der Waals surface area contributed by atoms with E-state index < -0.39 is 0 Å². The summed E-state index contributed by atoms with van der Waals surface area (Å²) < 4.78 is 7.30. The van der Waals surface area contributed by atoms with Crippen LogP contribution >= 0.6 is 0 Å². The highest BCUT2D eigenvalue weighted by Crippen LogP contribution is 2.35. The van der Waals surface area contributed by atoms with Crippen LogP contribution in [0.2, 0.25) is 0 Å². The first-order chi connectivity index (χ1) is 10.8. The number of rotatable bonds is 3. The van der Waals surface area contributed by atoms with Crippen LogP contribution in [0, 0.1) is 5.92 Å². The minimum Gasteiger partial charge on any atom is -0.377 e. The van der Waals surface area contributed by atoms with Crippen molar-refractivity contribution in [1.29, 1.82) is 0 Å². The number of ether oxygens (including phenoxy) is 1. The number of carbonyl (C=O) groups is 1. The fourth-order valence-corrected chi connectivity index (χ4v) is 3.08. The Morgan fingerprint density at radius 2 is 2.27 bits per heavy atom. The predicted octanol–water partition coefficient (Wildman–Crippen LogP) is 2.37. The number of nitrogens with one attached hydrogen (secondary N) is 1. The van der Waals surface area contributed by atoms with Gasteiger partial charge in [0.1, 0.15) is 5.82 Å². The zero-order chi connectivity index (χ0) is 14.9. The zero-order valence-electron chi connectivity index (χ0n) is 12.4. The molecule has 2 fully saturated rings. The van der Waals surface area contributed by atoms with Crippen molar-refractivity contribution in [2.75, 3.05) is 25.1 Å². The van der Waals surface area contributed by atoms with E-state index >= 15 is 0 Å². The standard InChI is InChI=1S/C16H20N4O2/c21-16(18-15-3-1-2-13-6-7-17-20(13)15)19-8-9-22-11-14(19)10-12-4-5-12/h1-3,6-7,12,14H,4-5,8-11H2,(H,18,21). The number of nitrogens with zero attached hydrogens (tertiary/aromatic N) is 3. The number of hydrogen-bond acceptors (Lipinski definition) is 3. The van der Waals surface area contributed by atoms with Crippen molar-refractivity contribution in [1.82, 2.24) is 14.5 Å². The number of fused-ring (bicyclic) bond motifs is 1. The van der Waals surface area contributed by atoms with Gasteiger partial charge in [0.25, 0.3) is 0 Å². The molecule has 1 atom stereocenters. The van der Waals surface area contributed by atoms with Gasteiger partial charge in [-0.05, 0) is 30.5 Å². The number of aromatic nitrogens is 2. The Kier molecular flexibility index (Phi) is 3.46. The van der Waals surface area contributed by atoms with Crippen LogP contribution in [-0.4, -0.2) is 46.3 Å². The van der Waals surface area contributed by atoms with Gasteiger partial charge in [-0.2, -0.15) is 5.10 Å². The monoisotopic (exact) mass is 300 g/mol. The van der Waals surface area contributed by atoms with Crippen molar-refractivity contribution in [3.05, 3.63) is 30.5 Å². The molecule has 2 aromatic heterocycles. The van der Waals surface area contributed by atoms with Crippen LogP contribution in [0.3, 0.4) is 0 Å². The smallest absolute Gasteiger partial charge is 0.323 e.